The largest absolute Gasteiger partial charge is 0.497 e. The van der Waals surface area contributed by atoms with E-state index in [-0.39, 0.29) is 11.9 Å². The Kier molecular flexibility index (Phi) is 7.32. The number of aromatic amines is 1. The molecule has 1 unspecified atom stereocenters. The molecule has 1 atom stereocenters. The molecule has 32 heavy (non-hydrogen) atoms. The number of benzene rings is 2. The van der Waals surface area contributed by atoms with Gasteiger partial charge in [0.25, 0.3) is 5.91 Å². The lowest BCUT2D eigenvalue weighted by Crippen LogP contribution is -2.47. The van der Waals surface area contributed by atoms with E-state index in [2.05, 4.69) is 25.8 Å². The van der Waals surface area contributed by atoms with Crippen LogP contribution >= 0.6 is 11.6 Å². The van der Waals surface area contributed by atoms with Gasteiger partial charge in [0.05, 0.1) is 30.4 Å². The van der Waals surface area contributed by atoms with Crippen LogP contribution in [0.15, 0.2) is 42.5 Å². The lowest BCUT2D eigenvalue weighted by molar-refractivity contribution is -0.118. The monoisotopic (exact) mass is 457 g/mol. The molecule has 2 aromatic carbocycles. The third-order valence-corrected chi connectivity index (χ3v) is 5.07. The van der Waals surface area contributed by atoms with Gasteiger partial charge in [0.15, 0.2) is 5.82 Å². The van der Waals surface area contributed by atoms with Crippen molar-refractivity contribution >= 4 is 29.4 Å². The van der Waals surface area contributed by atoms with Crippen LogP contribution in [0.4, 0.5) is 5.95 Å². The van der Waals surface area contributed by atoms with Gasteiger partial charge in [-0.2, -0.15) is 4.98 Å². The Morgan fingerprint density at radius 1 is 1.09 bits per heavy atom. The van der Waals surface area contributed by atoms with E-state index >= 15 is 0 Å². The second kappa shape index (κ2) is 10.1. The minimum atomic E-state index is -0.823. The highest BCUT2D eigenvalue weighted by Gasteiger charge is 2.26. The molecule has 10 heteroatoms. The van der Waals surface area contributed by atoms with Crippen molar-refractivity contribution in [3.63, 3.8) is 0 Å². The standard InChI is InChI=1S/C22H24ClN5O4/c1-12(2)18(24-20(29)14-7-5-6-8-16(14)23)21(30)26-22-25-19(27-28-22)15-10-9-13(31-3)11-17(15)32-4/h5-12,18H,1-4H3,(H,24,29)(H2,25,26,27,28,30). The fourth-order valence-electron chi connectivity index (χ4n) is 3.02. The number of nitrogens with one attached hydrogen (secondary N) is 3. The van der Waals surface area contributed by atoms with Crippen LogP contribution in [0.25, 0.3) is 11.4 Å². The molecule has 168 valence electrons. The number of hydrogen-bond donors (Lipinski definition) is 3. The number of carbonyl (C=O) groups excluding carboxylic acids is 2. The summed E-state index contributed by atoms with van der Waals surface area (Å²) in [7, 11) is 3.10. The van der Waals surface area contributed by atoms with Gasteiger partial charge in [-0.15, -0.1) is 5.10 Å². The summed E-state index contributed by atoms with van der Waals surface area (Å²) in [5, 5.41) is 12.5. The zero-order valence-electron chi connectivity index (χ0n) is 18.1. The minimum Gasteiger partial charge on any atom is -0.497 e. The fourth-order valence-corrected chi connectivity index (χ4v) is 3.24. The Bertz CT molecular complexity index is 1120. The van der Waals surface area contributed by atoms with Crippen molar-refractivity contribution in [2.24, 2.45) is 5.92 Å². The molecule has 0 radical (unpaired) electrons. The van der Waals surface area contributed by atoms with Gasteiger partial charge in [0, 0.05) is 6.07 Å². The van der Waals surface area contributed by atoms with Gasteiger partial charge in [0.2, 0.25) is 11.9 Å². The molecule has 0 spiro atoms. The number of nitrogens with zero attached hydrogens (tertiary/aromatic N) is 2. The number of methoxy groups -OCH3 is 2. The number of aromatic nitrogens is 3. The molecule has 0 aliphatic rings. The predicted octanol–water partition coefficient (Wildman–Crippen LogP) is 3.54. The van der Waals surface area contributed by atoms with Gasteiger partial charge in [-0.25, -0.2) is 0 Å². The quantitative estimate of drug-likeness (QED) is 0.476. The van der Waals surface area contributed by atoms with Gasteiger partial charge in [-0.05, 0) is 30.2 Å². The van der Waals surface area contributed by atoms with E-state index < -0.39 is 17.9 Å². The van der Waals surface area contributed by atoms with Crippen LogP contribution in [-0.4, -0.2) is 47.3 Å². The number of ether oxygens (including phenoxy) is 2. The van der Waals surface area contributed by atoms with Crippen LogP contribution in [-0.2, 0) is 4.79 Å². The second-order valence-electron chi connectivity index (χ2n) is 7.24. The van der Waals surface area contributed by atoms with Crippen LogP contribution in [0.3, 0.4) is 0 Å². The first kappa shape index (κ1) is 23.1. The van der Waals surface area contributed by atoms with Crippen molar-refractivity contribution in [2.45, 2.75) is 19.9 Å². The second-order valence-corrected chi connectivity index (χ2v) is 7.65. The number of H-pyrrole nitrogens is 1. The number of amides is 2. The summed E-state index contributed by atoms with van der Waals surface area (Å²) in [5.74, 6) is 0.553. The molecule has 2 amide bonds. The Morgan fingerprint density at radius 2 is 1.84 bits per heavy atom. The van der Waals surface area contributed by atoms with E-state index in [1.807, 2.05) is 13.8 Å². The lowest BCUT2D eigenvalue weighted by Gasteiger charge is -2.21. The van der Waals surface area contributed by atoms with Gasteiger partial charge >= 0.3 is 0 Å². The Morgan fingerprint density at radius 3 is 2.50 bits per heavy atom. The average Bonchev–Trinajstić information content (AvgIpc) is 3.24. The molecule has 3 rings (SSSR count). The van der Waals surface area contributed by atoms with E-state index in [4.69, 9.17) is 21.1 Å². The molecule has 1 heterocycles. The number of carbonyl (C=O) groups is 2. The Hall–Kier alpha value is -3.59. The molecular weight excluding hydrogens is 434 g/mol. The third-order valence-electron chi connectivity index (χ3n) is 4.74. The maximum absolute atomic E-state index is 12.9. The highest BCUT2D eigenvalue weighted by Crippen LogP contribution is 2.31. The molecule has 0 saturated heterocycles. The van der Waals surface area contributed by atoms with E-state index in [0.717, 1.165) is 0 Å². The summed E-state index contributed by atoms with van der Waals surface area (Å²) < 4.78 is 10.6. The van der Waals surface area contributed by atoms with E-state index in [9.17, 15) is 9.59 Å². The summed E-state index contributed by atoms with van der Waals surface area (Å²) in [4.78, 5) is 29.8. The lowest BCUT2D eigenvalue weighted by atomic mass is 10.0. The van der Waals surface area contributed by atoms with E-state index in [1.165, 1.54) is 7.11 Å². The number of hydrogen-bond acceptors (Lipinski definition) is 6. The number of anilines is 1. The maximum Gasteiger partial charge on any atom is 0.253 e. The normalized spacial score (nSPS) is 11.7. The first-order valence-electron chi connectivity index (χ1n) is 9.85. The first-order valence-corrected chi connectivity index (χ1v) is 10.2. The number of halogens is 1. The molecule has 0 bridgehead atoms. The molecule has 1 aromatic heterocycles. The number of rotatable bonds is 8. The van der Waals surface area contributed by atoms with Crippen LogP contribution in [0.2, 0.25) is 5.02 Å². The van der Waals surface area contributed by atoms with E-state index in [0.29, 0.717) is 33.5 Å². The van der Waals surface area contributed by atoms with Gasteiger partial charge in [-0.3, -0.25) is 20.0 Å². The van der Waals surface area contributed by atoms with Crippen LogP contribution in [0.5, 0.6) is 11.5 Å². The molecular formula is C22H24ClN5O4. The van der Waals surface area contributed by atoms with Gasteiger partial charge in [0.1, 0.15) is 17.5 Å². The highest BCUT2D eigenvalue weighted by molar-refractivity contribution is 6.33. The summed E-state index contributed by atoms with van der Waals surface area (Å²) in [6.07, 6.45) is 0. The molecule has 3 aromatic rings. The smallest absolute Gasteiger partial charge is 0.253 e. The molecule has 0 aliphatic carbocycles. The Labute approximate surface area is 190 Å². The van der Waals surface area contributed by atoms with Crippen molar-refractivity contribution < 1.29 is 19.1 Å². The van der Waals surface area contributed by atoms with Crippen LogP contribution < -0.4 is 20.1 Å². The van der Waals surface area contributed by atoms with Gasteiger partial charge in [-0.1, -0.05) is 37.6 Å². The first-order chi connectivity index (χ1) is 15.3. The third kappa shape index (κ3) is 5.17. The molecule has 0 saturated carbocycles. The summed E-state index contributed by atoms with van der Waals surface area (Å²) in [6, 6.07) is 11.1. The molecule has 0 fully saturated rings. The maximum atomic E-state index is 12.9. The van der Waals surface area contributed by atoms with Crippen molar-refractivity contribution in [1.82, 2.24) is 20.5 Å². The minimum absolute atomic E-state index is 0.0699. The van der Waals surface area contributed by atoms with Crippen molar-refractivity contribution in [2.75, 3.05) is 19.5 Å². The average molecular weight is 458 g/mol. The SMILES string of the molecule is COc1ccc(-c2nc(NC(=O)C(NC(=O)c3ccccc3Cl)C(C)C)n[nH]2)c(OC)c1. The van der Waals surface area contributed by atoms with Gasteiger partial charge < -0.3 is 14.8 Å². The summed E-state index contributed by atoms with van der Waals surface area (Å²) in [5.41, 5.74) is 0.938. The zero-order chi connectivity index (χ0) is 23.3. The van der Waals surface area contributed by atoms with Crippen LogP contribution in [0, 0.1) is 5.92 Å². The van der Waals surface area contributed by atoms with Crippen molar-refractivity contribution in [3.05, 3.63) is 53.1 Å². The summed E-state index contributed by atoms with van der Waals surface area (Å²) >= 11 is 6.09. The van der Waals surface area contributed by atoms with Crippen molar-refractivity contribution in [3.8, 4) is 22.9 Å². The fraction of sp³-hybridized carbons (Fsp3) is 0.273. The summed E-state index contributed by atoms with van der Waals surface area (Å²) in [6.45, 7) is 3.64. The van der Waals surface area contributed by atoms with E-state index in [1.54, 1.807) is 49.6 Å². The van der Waals surface area contributed by atoms with Crippen molar-refractivity contribution in [1.29, 1.82) is 0 Å². The zero-order valence-corrected chi connectivity index (χ0v) is 18.9. The molecule has 3 N–H and O–H groups in total. The highest BCUT2D eigenvalue weighted by atomic mass is 35.5. The topological polar surface area (TPSA) is 118 Å². The molecule has 0 aliphatic heterocycles. The molecule has 9 nitrogen and oxygen atoms in total. The van der Waals surface area contributed by atoms with Crippen LogP contribution in [0.1, 0.15) is 24.2 Å². The predicted molar refractivity (Wildman–Crippen MR) is 121 cm³/mol. The Balaban J connectivity index is 1.75.